The lowest BCUT2D eigenvalue weighted by Gasteiger charge is -2.32. The Hall–Kier alpha value is -0.630. The van der Waals surface area contributed by atoms with Crippen LogP contribution in [0.4, 0.5) is 0 Å². The third-order valence-electron chi connectivity index (χ3n) is 2.50. The number of morpholine rings is 1. The van der Waals surface area contributed by atoms with Crippen LogP contribution in [0.3, 0.4) is 0 Å². The minimum absolute atomic E-state index is 0.208. The van der Waals surface area contributed by atoms with E-state index in [1.807, 2.05) is 0 Å². The molecule has 80 valence electrons. The van der Waals surface area contributed by atoms with Crippen molar-refractivity contribution in [2.75, 3.05) is 32.8 Å². The van der Waals surface area contributed by atoms with Crippen LogP contribution in [0, 0.1) is 11.3 Å². The lowest BCUT2D eigenvalue weighted by Crippen LogP contribution is -2.45. The van der Waals surface area contributed by atoms with Crippen molar-refractivity contribution in [2.45, 2.75) is 25.4 Å². The van der Waals surface area contributed by atoms with Crippen molar-refractivity contribution >= 4 is 0 Å². The lowest BCUT2D eigenvalue weighted by molar-refractivity contribution is -0.0234. The van der Waals surface area contributed by atoms with Gasteiger partial charge in [-0.15, -0.1) is 0 Å². The zero-order valence-electron chi connectivity index (χ0n) is 8.61. The molecule has 0 amide bonds. The van der Waals surface area contributed by atoms with Gasteiger partial charge in [0.25, 0.3) is 0 Å². The predicted molar refractivity (Wildman–Crippen MR) is 54.7 cm³/mol. The molecule has 0 aromatic carbocycles. The number of rotatable bonds is 5. The smallest absolute Gasteiger partial charge is 0.0824 e. The summed E-state index contributed by atoms with van der Waals surface area (Å²) in [7, 11) is 0. The number of unbranched alkanes of at least 4 members (excludes halogenated alkanes) is 2. The van der Waals surface area contributed by atoms with Crippen LogP contribution in [0.25, 0.3) is 0 Å². The molecule has 1 aliphatic rings. The molecule has 0 aliphatic carbocycles. The van der Waals surface area contributed by atoms with Gasteiger partial charge in [-0.25, -0.2) is 0 Å². The molecule has 4 heteroatoms. The Balaban J connectivity index is 2.08. The van der Waals surface area contributed by atoms with Gasteiger partial charge in [0.05, 0.1) is 18.8 Å². The molecule has 14 heavy (non-hydrogen) atoms. The number of hydrogen-bond donors (Lipinski definition) is 1. The number of ether oxygens (including phenoxy) is 1. The summed E-state index contributed by atoms with van der Waals surface area (Å²) < 4.78 is 5.47. The third-order valence-corrected chi connectivity index (χ3v) is 2.50. The van der Waals surface area contributed by atoms with Crippen LogP contribution in [0.2, 0.25) is 0 Å². The van der Waals surface area contributed by atoms with E-state index in [1.165, 1.54) is 0 Å². The molecule has 1 heterocycles. The molecule has 1 saturated heterocycles. The molecule has 1 atom stereocenters. The Morgan fingerprint density at radius 1 is 1.50 bits per heavy atom. The van der Waals surface area contributed by atoms with E-state index in [1.54, 1.807) is 0 Å². The van der Waals surface area contributed by atoms with E-state index in [9.17, 15) is 0 Å². The molecule has 4 nitrogen and oxygen atoms in total. The van der Waals surface area contributed by atoms with Crippen LogP contribution < -0.4 is 5.73 Å². The first-order valence-electron chi connectivity index (χ1n) is 5.27. The van der Waals surface area contributed by atoms with Gasteiger partial charge in [0, 0.05) is 26.1 Å². The van der Waals surface area contributed by atoms with Crippen LogP contribution in [0.15, 0.2) is 0 Å². The summed E-state index contributed by atoms with van der Waals surface area (Å²) >= 11 is 0. The second-order valence-corrected chi connectivity index (χ2v) is 3.64. The average molecular weight is 197 g/mol. The molecule has 0 spiro atoms. The predicted octanol–water partition coefficient (Wildman–Crippen LogP) is 0.340. The summed E-state index contributed by atoms with van der Waals surface area (Å²) in [6.45, 7) is 4.42. The van der Waals surface area contributed by atoms with Crippen molar-refractivity contribution < 1.29 is 4.74 Å². The van der Waals surface area contributed by atoms with Crippen LogP contribution in [0.5, 0.6) is 0 Å². The maximum Gasteiger partial charge on any atom is 0.0824 e. The number of hydrogen-bond acceptors (Lipinski definition) is 4. The summed E-state index contributed by atoms with van der Waals surface area (Å²) in [5.41, 5.74) is 5.55. The Bertz CT molecular complexity index is 190. The Labute approximate surface area is 85.6 Å². The van der Waals surface area contributed by atoms with Crippen LogP contribution >= 0.6 is 0 Å². The first kappa shape index (κ1) is 11.4. The van der Waals surface area contributed by atoms with E-state index < -0.39 is 0 Å². The van der Waals surface area contributed by atoms with Gasteiger partial charge in [0.15, 0.2) is 0 Å². The van der Waals surface area contributed by atoms with Crippen molar-refractivity contribution in [2.24, 2.45) is 5.73 Å². The highest BCUT2D eigenvalue weighted by Crippen LogP contribution is 2.06. The Kier molecular flexibility index (Phi) is 5.53. The quantitative estimate of drug-likeness (QED) is 0.646. The molecule has 1 unspecified atom stereocenters. The number of nitrogens with two attached hydrogens (primary N) is 1. The van der Waals surface area contributed by atoms with Gasteiger partial charge in [0.1, 0.15) is 0 Å². The van der Waals surface area contributed by atoms with E-state index >= 15 is 0 Å². The summed E-state index contributed by atoms with van der Waals surface area (Å²) in [6, 6.07) is 2.16. The number of nitriles is 1. The summed E-state index contributed by atoms with van der Waals surface area (Å²) in [6.07, 6.45) is 2.98. The molecule has 0 aromatic rings. The maximum absolute atomic E-state index is 8.38. The Morgan fingerprint density at radius 2 is 2.36 bits per heavy atom. The normalized spacial score (nSPS) is 23.3. The van der Waals surface area contributed by atoms with E-state index in [0.29, 0.717) is 13.0 Å². The summed E-state index contributed by atoms with van der Waals surface area (Å²) in [5.74, 6) is 0. The maximum atomic E-state index is 8.38. The molecule has 1 aliphatic heterocycles. The van der Waals surface area contributed by atoms with Gasteiger partial charge in [-0.2, -0.15) is 5.26 Å². The lowest BCUT2D eigenvalue weighted by atomic mass is 10.2. The van der Waals surface area contributed by atoms with Crippen LogP contribution in [-0.2, 0) is 4.74 Å². The van der Waals surface area contributed by atoms with Crippen molar-refractivity contribution in [3.8, 4) is 6.07 Å². The molecule has 1 fully saturated rings. The van der Waals surface area contributed by atoms with E-state index in [-0.39, 0.29) is 6.10 Å². The van der Waals surface area contributed by atoms with Gasteiger partial charge >= 0.3 is 0 Å². The minimum Gasteiger partial charge on any atom is -0.374 e. The van der Waals surface area contributed by atoms with Gasteiger partial charge < -0.3 is 10.5 Å². The molecule has 0 saturated carbocycles. The van der Waals surface area contributed by atoms with Gasteiger partial charge in [0.2, 0.25) is 0 Å². The Morgan fingerprint density at radius 3 is 3.07 bits per heavy atom. The summed E-state index contributed by atoms with van der Waals surface area (Å²) in [5, 5.41) is 8.38. The highest BCUT2D eigenvalue weighted by molar-refractivity contribution is 4.73. The van der Waals surface area contributed by atoms with E-state index in [4.69, 9.17) is 15.7 Å². The van der Waals surface area contributed by atoms with Gasteiger partial charge in [-0.1, -0.05) is 0 Å². The monoisotopic (exact) mass is 197 g/mol. The second kappa shape index (κ2) is 6.77. The molecule has 1 rings (SSSR count). The van der Waals surface area contributed by atoms with E-state index in [2.05, 4.69) is 11.0 Å². The topological polar surface area (TPSA) is 62.3 Å². The molecule has 2 N–H and O–H groups in total. The number of nitrogens with zero attached hydrogens (tertiary/aromatic N) is 2. The largest absolute Gasteiger partial charge is 0.374 e. The van der Waals surface area contributed by atoms with Crippen molar-refractivity contribution in [3.05, 3.63) is 0 Å². The van der Waals surface area contributed by atoms with Crippen molar-refractivity contribution in [1.82, 2.24) is 4.90 Å². The molecular weight excluding hydrogens is 178 g/mol. The van der Waals surface area contributed by atoms with Gasteiger partial charge in [-0.3, -0.25) is 4.90 Å². The fraction of sp³-hybridized carbons (Fsp3) is 0.900. The highest BCUT2D eigenvalue weighted by atomic mass is 16.5. The zero-order chi connectivity index (χ0) is 10.2. The van der Waals surface area contributed by atoms with Gasteiger partial charge in [-0.05, 0) is 19.4 Å². The SMILES string of the molecule is N#CCCCCN1CCOC(CN)C1. The second-order valence-electron chi connectivity index (χ2n) is 3.64. The average Bonchev–Trinajstić information content (AvgIpc) is 2.25. The molecule has 0 radical (unpaired) electrons. The fourth-order valence-electron chi connectivity index (χ4n) is 1.67. The third kappa shape index (κ3) is 4.05. The van der Waals surface area contributed by atoms with Crippen LogP contribution in [-0.4, -0.2) is 43.8 Å². The zero-order valence-corrected chi connectivity index (χ0v) is 8.61. The standard InChI is InChI=1S/C10H19N3O/c11-4-2-1-3-5-13-6-7-14-10(8-12)9-13/h10H,1-3,5-9,12H2. The minimum atomic E-state index is 0.208. The van der Waals surface area contributed by atoms with Crippen molar-refractivity contribution in [3.63, 3.8) is 0 Å². The van der Waals surface area contributed by atoms with E-state index in [0.717, 1.165) is 39.1 Å². The first-order valence-corrected chi connectivity index (χ1v) is 5.27. The molecule has 0 bridgehead atoms. The fourth-order valence-corrected chi connectivity index (χ4v) is 1.67. The molecule has 0 aromatic heterocycles. The van der Waals surface area contributed by atoms with Crippen LogP contribution in [0.1, 0.15) is 19.3 Å². The summed E-state index contributed by atoms with van der Waals surface area (Å²) in [4.78, 5) is 2.37. The first-order chi connectivity index (χ1) is 6.86. The molecular formula is C10H19N3O. The van der Waals surface area contributed by atoms with Crippen molar-refractivity contribution in [1.29, 1.82) is 5.26 Å². The highest BCUT2D eigenvalue weighted by Gasteiger charge is 2.18.